The Morgan fingerprint density at radius 1 is 1.15 bits per heavy atom. The van der Waals surface area contributed by atoms with Crippen LogP contribution in [-0.4, -0.2) is 50.7 Å². The Bertz CT molecular complexity index is 977. The normalized spacial score (nSPS) is 19.3. The Balaban J connectivity index is 0.00000306. The van der Waals surface area contributed by atoms with Crippen LogP contribution < -0.4 is 20.7 Å². The smallest absolute Gasteiger partial charge is 0.416 e. The summed E-state index contributed by atoms with van der Waals surface area (Å²) in [5.74, 6) is 1.01. The van der Waals surface area contributed by atoms with Crippen molar-refractivity contribution in [2.24, 2.45) is 10.7 Å². The molecule has 0 aliphatic carbocycles. The predicted octanol–water partition coefficient (Wildman–Crippen LogP) is 4.00. The summed E-state index contributed by atoms with van der Waals surface area (Å²) in [5.41, 5.74) is 7.75. The zero-order valence-electron chi connectivity index (χ0n) is 18.4. The number of anilines is 1. The molecule has 0 aromatic heterocycles. The Morgan fingerprint density at radius 2 is 1.88 bits per heavy atom. The molecule has 0 bridgehead atoms. The lowest BCUT2D eigenvalue weighted by Gasteiger charge is -2.35. The minimum absolute atomic E-state index is 0. The second-order valence-electron chi connectivity index (χ2n) is 8.20. The number of nitrogens with one attached hydrogen (secondary N) is 1. The van der Waals surface area contributed by atoms with Crippen LogP contribution in [0.25, 0.3) is 0 Å². The van der Waals surface area contributed by atoms with Gasteiger partial charge >= 0.3 is 6.18 Å². The van der Waals surface area contributed by atoms with Gasteiger partial charge in [0, 0.05) is 43.9 Å². The van der Waals surface area contributed by atoms with Crippen LogP contribution in [0.3, 0.4) is 0 Å². The molecule has 1 unspecified atom stereocenters. The third kappa shape index (κ3) is 6.23. The van der Waals surface area contributed by atoms with Gasteiger partial charge in [-0.3, -0.25) is 0 Å². The van der Waals surface area contributed by atoms with E-state index in [1.165, 1.54) is 6.07 Å². The molecule has 2 aromatic carbocycles. The molecule has 1 saturated heterocycles. The van der Waals surface area contributed by atoms with Gasteiger partial charge in [-0.05, 0) is 36.9 Å². The fourth-order valence-electron chi connectivity index (χ4n) is 4.13. The summed E-state index contributed by atoms with van der Waals surface area (Å²) < 4.78 is 45.7. The summed E-state index contributed by atoms with van der Waals surface area (Å²) in [6.07, 6.45) is -3.68. The summed E-state index contributed by atoms with van der Waals surface area (Å²) in [6, 6.07) is 11.5. The van der Waals surface area contributed by atoms with Crippen LogP contribution in [0, 0.1) is 0 Å². The number of rotatable bonds is 4. The Morgan fingerprint density at radius 3 is 2.61 bits per heavy atom. The largest absolute Gasteiger partial charge is 0.493 e. The van der Waals surface area contributed by atoms with Crippen LogP contribution in [0.2, 0.25) is 0 Å². The lowest BCUT2D eigenvalue weighted by molar-refractivity contribution is -0.137. The molecule has 180 valence electrons. The molecule has 3 N–H and O–H groups in total. The van der Waals surface area contributed by atoms with Crippen LogP contribution >= 0.6 is 24.0 Å². The van der Waals surface area contributed by atoms with Crippen molar-refractivity contribution in [2.75, 3.05) is 44.7 Å². The van der Waals surface area contributed by atoms with Crippen molar-refractivity contribution in [2.45, 2.75) is 25.2 Å². The Labute approximate surface area is 209 Å². The third-order valence-electron chi connectivity index (χ3n) is 5.95. The maximum atomic E-state index is 13.3. The third-order valence-corrected chi connectivity index (χ3v) is 5.95. The first-order valence-corrected chi connectivity index (χ1v) is 10.7. The first kappa shape index (κ1) is 25.4. The highest BCUT2D eigenvalue weighted by atomic mass is 127. The minimum atomic E-state index is -4.41. The maximum absolute atomic E-state index is 13.3. The van der Waals surface area contributed by atoms with Crippen molar-refractivity contribution in [3.8, 4) is 5.75 Å². The summed E-state index contributed by atoms with van der Waals surface area (Å²) in [6.45, 7) is 3.85. The van der Waals surface area contributed by atoms with Gasteiger partial charge in [-0.25, -0.2) is 4.99 Å². The number of hydrogen-bond acceptors (Lipinski definition) is 4. The van der Waals surface area contributed by atoms with Gasteiger partial charge in [0.05, 0.1) is 24.8 Å². The number of aliphatic imine (C=N–C) groups is 1. The number of piperazine rings is 1. The van der Waals surface area contributed by atoms with E-state index >= 15 is 0 Å². The summed E-state index contributed by atoms with van der Waals surface area (Å²) in [5, 5.41) is 3.20. The number of alkyl halides is 3. The SMILES string of the molecule is CN1CCN(c2ccc(C(F)(F)F)cc2CN=C(N)NC2CCOc3ccccc32)CC1.I. The number of benzene rings is 2. The van der Waals surface area contributed by atoms with E-state index in [4.69, 9.17) is 10.5 Å². The number of fused-ring (bicyclic) bond motifs is 1. The monoisotopic (exact) mass is 575 g/mol. The molecule has 2 aliphatic rings. The molecule has 0 saturated carbocycles. The summed E-state index contributed by atoms with van der Waals surface area (Å²) in [7, 11) is 2.04. The van der Waals surface area contributed by atoms with E-state index in [2.05, 4.69) is 20.1 Å². The van der Waals surface area contributed by atoms with Crippen LogP contribution in [0.5, 0.6) is 5.75 Å². The van der Waals surface area contributed by atoms with E-state index in [1.54, 1.807) is 6.07 Å². The Hall–Kier alpha value is -2.21. The lowest BCUT2D eigenvalue weighted by atomic mass is 10.0. The van der Waals surface area contributed by atoms with E-state index in [0.717, 1.165) is 55.7 Å². The van der Waals surface area contributed by atoms with Gasteiger partial charge in [-0.15, -0.1) is 24.0 Å². The second kappa shape index (κ2) is 10.8. The van der Waals surface area contributed by atoms with Gasteiger partial charge in [0.1, 0.15) is 5.75 Å². The van der Waals surface area contributed by atoms with E-state index in [0.29, 0.717) is 12.2 Å². The average Bonchev–Trinajstić information content (AvgIpc) is 2.78. The van der Waals surface area contributed by atoms with Gasteiger partial charge in [-0.1, -0.05) is 18.2 Å². The number of para-hydroxylation sites is 1. The highest BCUT2D eigenvalue weighted by Gasteiger charge is 2.31. The first-order chi connectivity index (χ1) is 15.3. The fourth-order valence-corrected chi connectivity index (χ4v) is 4.13. The number of guanidine groups is 1. The minimum Gasteiger partial charge on any atom is -0.493 e. The van der Waals surface area contributed by atoms with E-state index < -0.39 is 11.7 Å². The number of nitrogens with zero attached hydrogens (tertiary/aromatic N) is 3. The van der Waals surface area contributed by atoms with E-state index in [1.807, 2.05) is 31.3 Å². The fraction of sp³-hybridized carbons (Fsp3) is 0.435. The molecule has 0 radical (unpaired) electrons. The number of hydrogen-bond donors (Lipinski definition) is 2. The van der Waals surface area contributed by atoms with Gasteiger partial charge in [0.25, 0.3) is 0 Å². The van der Waals surface area contributed by atoms with Crippen LogP contribution in [-0.2, 0) is 12.7 Å². The second-order valence-corrected chi connectivity index (χ2v) is 8.20. The standard InChI is InChI=1S/C23H28F3N5O.HI/c1-30-9-11-31(12-10-30)20-7-6-17(23(24,25)26)14-16(20)15-28-22(27)29-19-8-13-32-21-5-3-2-4-18(19)21;/h2-7,14,19H,8-13,15H2,1H3,(H3,27,28,29);1H. The van der Waals surface area contributed by atoms with Gasteiger partial charge in [0.2, 0.25) is 0 Å². The molecule has 0 amide bonds. The molecule has 6 nitrogen and oxygen atoms in total. The molecule has 1 fully saturated rings. The number of halogens is 4. The molecule has 0 spiro atoms. The molecule has 33 heavy (non-hydrogen) atoms. The zero-order chi connectivity index (χ0) is 22.7. The van der Waals surface area contributed by atoms with Crippen molar-refractivity contribution in [3.05, 3.63) is 59.2 Å². The summed E-state index contributed by atoms with van der Waals surface area (Å²) in [4.78, 5) is 8.71. The highest BCUT2D eigenvalue weighted by molar-refractivity contribution is 14.0. The van der Waals surface area contributed by atoms with Crippen LogP contribution in [0.15, 0.2) is 47.5 Å². The summed E-state index contributed by atoms with van der Waals surface area (Å²) >= 11 is 0. The van der Waals surface area contributed by atoms with E-state index in [9.17, 15) is 13.2 Å². The molecular formula is C23H29F3IN5O. The molecule has 10 heteroatoms. The van der Waals surface area contributed by atoms with Crippen molar-refractivity contribution < 1.29 is 17.9 Å². The maximum Gasteiger partial charge on any atom is 0.416 e. The van der Waals surface area contributed by atoms with Gasteiger partial charge in [-0.2, -0.15) is 13.2 Å². The van der Waals surface area contributed by atoms with Crippen molar-refractivity contribution in [1.82, 2.24) is 10.2 Å². The van der Waals surface area contributed by atoms with Crippen LogP contribution in [0.4, 0.5) is 18.9 Å². The number of ether oxygens (including phenoxy) is 1. The quantitative estimate of drug-likeness (QED) is 0.328. The van der Waals surface area contributed by atoms with Gasteiger partial charge in [0.15, 0.2) is 5.96 Å². The molecule has 2 heterocycles. The topological polar surface area (TPSA) is 66.1 Å². The molecule has 1 atom stereocenters. The predicted molar refractivity (Wildman–Crippen MR) is 134 cm³/mol. The molecular weight excluding hydrogens is 546 g/mol. The lowest BCUT2D eigenvalue weighted by Crippen LogP contribution is -2.44. The number of nitrogens with two attached hydrogens (primary N) is 1. The Kier molecular flexibility index (Phi) is 8.33. The van der Waals surface area contributed by atoms with Gasteiger partial charge < -0.3 is 25.6 Å². The van der Waals surface area contributed by atoms with Crippen molar-refractivity contribution >= 4 is 35.6 Å². The highest BCUT2D eigenvalue weighted by Crippen LogP contribution is 2.34. The molecule has 4 rings (SSSR count). The van der Waals surface area contributed by atoms with Crippen LogP contribution in [0.1, 0.15) is 29.2 Å². The van der Waals surface area contributed by atoms with Crippen molar-refractivity contribution in [1.29, 1.82) is 0 Å². The molecule has 2 aromatic rings. The number of likely N-dealkylation sites (N-methyl/N-ethyl adjacent to an activating group) is 1. The van der Waals surface area contributed by atoms with E-state index in [-0.39, 0.29) is 42.5 Å². The average molecular weight is 575 g/mol. The zero-order valence-corrected chi connectivity index (χ0v) is 20.8. The molecule has 2 aliphatic heterocycles. The van der Waals surface area contributed by atoms with Crippen molar-refractivity contribution in [3.63, 3.8) is 0 Å². The first-order valence-electron chi connectivity index (χ1n) is 10.7.